The van der Waals surface area contributed by atoms with Gasteiger partial charge in [0.05, 0.1) is 18.0 Å². The number of unbranched alkanes of at least 4 members (excludes halogenated alkanes) is 4. The third-order valence-electron chi connectivity index (χ3n) is 10.9. The molecule has 1 aliphatic heterocycles. The number of piperazine rings is 1. The van der Waals surface area contributed by atoms with E-state index in [2.05, 4.69) is 101 Å². The second kappa shape index (κ2) is 18.8. The first-order valence-electron chi connectivity index (χ1n) is 20.1. The van der Waals surface area contributed by atoms with Crippen molar-refractivity contribution in [3.05, 3.63) is 144 Å². The van der Waals surface area contributed by atoms with Crippen LogP contribution in [-0.4, -0.2) is 76.4 Å². The number of carbonyl (C=O) groups excluding carboxylic acids is 1. The summed E-state index contributed by atoms with van der Waals surface area (Å²) in [5, 5.41) is 17.7. The molecule has 0 bridgehead atoms. The molecular weight excluding hydrogens is 681 g/mol. The van der Waals surface area contributed by atoms with Gasteiger partial charge in [0, 0.05) is 68.8 Å². The third-order valence-corrected chi connectivity index (χ3v) is 10.9. The molecule has 4 aromatic carbocycles. The predicted octanol–water partition coefficient (Wildman–Crippen LogP) is 8.32. The molecular formula is C47H54N6O2. The van der Waals surface area contributed by atoms with Gasteiger partial charge in [-0.3, -0.25) is 9.69 Å². The van der Waals surface area contributed by atoms with Crippen LogP contribution in [0.3, 0.4) is 0 Å². The van der Waals surface area contributed by atoms with Crippen LogP contribution in [0.25, 0.3) is 28.0 Å². The van der Waals surface area contributed by atoms with Crippen molar-refractivity contribution in [1.29, 1.82) is 0 Å². The summed E-state index contributed by atoms with van der Waals surface area (Å²) in [6, 6.07) is 42.2. The summed E-state index contributed by atoms with van der Waals surface area (Å²) < 4.78 is 2.03. The van der Waals surface area contributed by atoms with Crippen molar-refractivity contribution in [3.63, 3.8) is 0 Å². The van der Waals surface area contributed by atoms with Gasteiger partial charge in [0.15, 0.2) is 5.65 Å². The van der Waals surface area contributed by atoms with E-state index in [1.165, 1.54) is 16.7 Å². The van der Waals surface area contributed by atoms with Gasteiger partial charge >= 0.3 is 0 Å². The first-order valence-corrected chi connectivity index (χ1v) is 20.1. The molecule has 2 N–H and O–H groups in total. The molecule has 1 saturated heterocycles. The molecule has 7 rings (SSSR count). The number of rotatable bonds is 17. The average Bonchev–Trinajstić information content (AvgIpc) is 3.57. The maximum Gasteiger partial charge on any atom is 0.220 e. The molecule has 0 saturated carbocycles. The number of anilines is 1. The van der Waals surface area contributed by atoms with Gasteiger partial charge in [-0.1, -0.05) is 128 Å². The van der Waals surface area contributed by atoms with Gasteiger partial charge in [-0.25, -0.2) is 4.98 Å². The van der Waals surface area contributed by atoms with Crippen LogP contribution in [0.4, 0.5) is 5.82 Å². The number of nitrogens with zero attached hydrogens (tertiary/aromatic N) is 5. The maximum atomic E-state index is 13.0. The number of nitrogens with one attached hydrogen (secondary N) is 1. The average molecular weight is 735 g/mol. The lowest BCUT2D eigenvalue weighted by atomic mass is 9.88. The van der Waals surface area contributed by atoms with Gasteiger partial charge in [0.2, 0.25) is 5.91 Å². The summed E-state index contributed by atoms with van der Waals surface area (Å²) in [6.07, 6.45) is 7.02. The fraction of sp³-hybridized carbons (Fsp3) is 0.340. The van der Waals surface area contributed by atoms with Crippen LogP contribution < -0.4 is 10.2 Å². The Kier molecular flexibility index (Phi) is 13.0. The van der Waals surface area contributed by atoms with Crippen molar-refractivity contribution in [2.45, 2.75) is 57.8 Å². The van der Waals surface area contributed by atoms with Gasteiger partial charge < -0.3 is 15.3 Å². The minimum atomic E-state index is 0.0580. The molecule has 1 fully saturated rings. The zero-order valence-electron chi connectivity index (χ0n) is 32.1. The van der Waals surface area contributed by atoms with E-state index in [0.717, 1.165) is 111 Å². The first kappa shape index (κ1) is 38.0. The van der Waals surface area contributed by atoms with Gasteiger partial charge in [0.25, 0.3) is 0 Å². The molecule has 1 aliphatic rings. The summed E-state index contributed by atoms with van der Waals surface area (Å²) in [5.74, 6) is 1.23. The number of hydrogen-bond acceptors (Lipinski definition) is 6. The highest BCUT2D eigenvalue weighted by Gasteiger charge is 2.24. The number of aliphatic hydroxyl groups excluding tert-OH is 1. The molecule has 0 aliphatic carbocycles. The largest absolute Gasteiger partial charge is 0.395 e. The van der Waals surface area contributed by atoms with Crippen molar-refractivity contribution in [2.75, 3.05) is 50.8 Å². The molecule has 0 radical (unpaired) electrons. The molecule has 3 heterocycles. The van der Waals surface area contributed by atoms with Crippen LogP contribution in [0, 0.1) is 6.92 Å². The Morgan fingerprint density at radius 1 is 0.745 bits per heavy atom. The maximum absolute atomic E-state index is 13.0. The Morgan fingerprint density at radius 2 is 1.38 bits per heavy atom. The molecule has 8 heteroatoms. The standard InChI is InChI=1S/C47H54N6O2/c1-36-46(40-23-13-7-14-24-40)47-49-43(35-45(53(47)50-36)52-29-27-51(28-30-52)31-32-54)41-25-16-18-37(33-41)17-8-3-2-4-15-26-48-44(55)34-42(38-19-9-5-10-20-38)39-21-11-6-12-22-39/h5-7,9-14,16,18-25,33,35,42,54H,2-4,8,15,17,26-32,34H2,1H3,(H,48,55). The zero-order chi connectivity index (χ0) is 37.8. The second-order valence-corrected chi connectivity index (χ2v) is 14.8. The molecule has 8 nitrogen and oxygen atoms in total. The monoisotopic (exact) mass is 734 g/mol. The summed E-state index contributed by atoms with van der Waals surface area (Å²) in [5.41, 5.74) is 9.78. The number of β-amino-alcohol motifs (C(OH)–C–C–N with tert-alkyl or cyclic N) is 1. The summed E-state index contributed by atoms with van der Waals surface area (Å²) in [4.78, 5) is 23.0. The molecule has 284 valence electrons. The van der Waals surface area contributed by atoms with Gasteiger partial charge in [0.1, 0.15) is 5.82 Å². The zero-order valence-corrected chi connectivity index (χ0v) is 32.1. The van der Waals surface area contributed by atoms with Crippen molar-refractivity contribution < 1.29 is 9.90 Å². The Labute approximate surface area is 325 Å². The summed E-state index contributed by atoms with van der Waals surface area (Å²) in [6.45, 7) is 7.23. The van der Waals surface area contributed by atoms with Crippen molar-refractivity contribution in [3.8, 4) is 22.4 Å². The Hall–Kier alpha value is -5.31. The molecule has 55 heavy (non-hydrogen) atoms. The molecule has 2 aromatic heterocycles. The summed E-state index contributed by atoms with van der Waals surface area (Å²) >= 11 is 0. The van der Waals surface area contributed by atoms with Gasteiger partial charge in [-0.05, 0) is 54.5 Å². The number of aliphatic hydroxyl groups is 1. The lowest BCUT2D eigenvalue weighted by Crippen LogP contribution is -2.47. The number of hydrogen-bond donors (Lipinski definition) is 2. The molecule has 1 amide bonds. The van der Waals surface area contributed by atoms with E-state index in [-0.39, 0.29) is 18.4 Å². The quantitative estimate of drug-likeness (QED) is 0.0918. The van der Waals surface area contributed by atoms with Crippen LogP contribution in [0.2, 0.25) is 0 Å². The topological polar surface area (TPSA) is 86.0 Å². The highest BCUT2D eigenvalue weighted by atomic mass is 16.3. The van der Waals surface area contributed by atoms with Crippen LogP contribution in [0.1, 0.15) is 66.8 Å². The number of aromatic nitrogens is 3. The second-order valence-electron chi connectivity index (χ2n) is 14.8. The van der Waals surface area contributed by atoms with E-state index in [4.69, 9.17) is 10.1 Å². The van der Waals surface area contributed by atoms with Crippen LogP contribution >= 0.6 is 0 Å². The van der Waals surface area contributed by atoms with Crippen LogP contribution in [0.5, 0.6) is 0 Å². The predicted molar refractivity (Wildman–Crippen MR) is 223 cm³/mol. The van der Waals surface area contributed by atoms with Crippen molar-refractivity contribution in [1.82, 2.24) is 24.8 Å². The number of carbonyl (C=O) groups is 1. The number of fused-ring (bicyclic) bond motifs is 1. The van der Waals surface area contributed by atoms with E-state index in [9.17, 15) is 9.90 Å². The summed E-state index contributed by atoms with van der Waals surface area (Å²) in [7, 11) is 0. The Bertz CT molecular complexity index is 2070. The van der Waals surface area contributed by atoms with Crippen LogP contribution in [0.15, 0.2) is 121 Å². The van der Waals surface area contributed by atoms with E-state index in [1.54, 1.807) is 0 Å². The number of benzene rings is 4. The van der Waals surface area contributed by atoms with E-state index in [1.807, 2.05) is 47.0 Å². The van der Waals surface area contributed by atoms with E-state index < -0.39 is 0 Å². The SMILES string of the molecule is Cc1nn2c(N3CCN(CCO)CC3)cc(-c3cccc(CCCCCCCNC(=O)CC(c4ccccc4)c4ccccc4)c3)nc2c1-c1ccccc1. The minimum Gasteiger partial charge on any atom is -0.395 e. The third kappa shape index (κ3) is 9.68. The fourth-order valence-corrected chi connectivity index (χ4v) is 7.92. The Morgan fingerprint density at radius 3 is 2.07 bits per heavy atom. The highest BCUT2D eigenvalue weighted by molar-refractivity contribution is 5.83. The van der Waals surface area contributed by atoms with Crippen LogP contribution in [-0.2, 0) is 11.2 Å². The van der Waals surface area contributed by atoms with E-state index >= 15 is 0 Å². The number of amides is 1. The molecule has 0 unspecified atom stereocenters. The lowest BCUT2D eigenvalue weighted by Gasteiger charge is -2.35. The van der Waals surface area contributed by atoms with E-state index in [0.29, 0.717) is 13.0 Å². The van der Waals surface area contributed by atoms with Crippen molar-refractivity contribution in [2.24, 2.45) is 0 Å². The lowest BCUT2D eigenvalue weighted by molar-refractivity contribution is -0.121. The molecule has 0 spiro atoms. The molecule has 6 aromatic rings. The van der Waals surface area contributed by atoms with Crippen molar-refractivity contribution >= 4 is 17.4 Å². The Balaban J connectivity index is 0.943. The number of aryl methyl sites for hydroxylation is 2. The smallest absolute Gasteiger partial charge is 0.220 e. The highest BCUT2D eigenvalue weighted by Crippen LogP contribution is 2.33. The van der Waals surface area contributed by atoms with Gasteiger partial charge in [-0.15, -0.1) is 0 Å². The normalized spacial score (nSPS) is 13.5. The first-order chi connectivity index (χ1) is 27.1. The minimum absolute atomic E-state index is 0.0580. The molecule has 0 atom stereocenters. The van der Waals surface area contributed by atoms with Gasteiger partial charge in [-0.2, -0.15) is 9.61 Å². The fourth-order valence-electron chi connectivity index (χ4n) is 7.92.